The molecule has 0 saturated carbocycles. The Balaban J connectivity index is 1.79. The average Bonchev–Trinajstić information content (AvgIpc) is 2.73. The van der Waals surface area contributed by atoms with Crippen molar-refractivity contribution in [1.82, 2.24) is 10.3 Å². The van der Waals surface area contributed by atoms with Crippen molar-refractivity contribution in [3.05, 3.63) is 65.6 Å². The highest BCUT2D eigenvalue weighted by Crippen LogP contribution is 2.30. The second-order valence-corrected chi connectivity index (χ2v) is 6.51. The Morgan fingerprint density at radius 3 is 2.50 bits per heavy atom. The van der Waals surface area contributed by atoms with E-state index in [9.17, 15) is 0 Å². The number of aryl methyl sites for hydroxylation is 1. The summed E-state index contributed by atoms with van der Waals surface area (Å²) >= 11 is 0. The summed E-state index contributed by atoms with van der Waals surface area (Å²) in [6.45, 7) is 4.00. The molecule has 2 heterocycles. The number of aliphatic imine (C=N–C) groups is 1. The quantitative estimate of drug-likeness (QED) is 0.756. The molecule has 1 aromatic carbocycles. The monoisotopic (exact) mass is 380 g/mol. The lowest BCUT2D eigenvalue weighted by Crippen LogP contribution is -2.24. The summed E-state index contributed by atoms with van der Waals surface area (Å²) in [5, 5.41) is 3.23. The molecule has 0 saturated heterocycles. The van der Waals surface area contributed by atoms with Crippen LogP contribution in [0, 0.1) is 6.54 Å². The summed E-state index contributed by atoms with van der Waals surface area (Å²) < 4.78 is 16.0. The Morgan fingerprint density at radius 2 is 1.75 bits per heavy atom. The first-order chi connectivity index (χ1) is 13.6. The summed E-state index contributed by atoms with van der Waals surface area (Å²) in [4.78, 5) is 9.17. The zero-order valence-electron chi connectivity index (χ0n) is 16.8. The summed E-state index contributed by atoms with van der Waals surface area (Å²) in [5.41, 5.74) is 4.34. The van der Waals surface area contributed by atoms with Crippen molar-refractivity contribution >= 4 is 5.84 Å². The van der Waals surface area contributed by atoms with Gasteiger partial charge in [-0.05, 0) is 55.5 Å². The number of allylic oxidation sites excluding steroid dienone is 1. The predicted molar refractivity (Wildman–Crippen MR) is 110 cm³/mol. The number of hydrogen-bond donors (Lipinski definition) is 1. The van der Waals surface area contributed by atoms with Crippen LogP contribution in [0.15, 0.2) is 52.8 Å². The number of pyridine rings is 1. The van der Waals surface area contributed by atoms with Crippen LogP contribution in [0.3, 0.4) is 0 Å². The minimum Gasteiger partial charge on any atom is -0.497 e. The fourth-order valence-electron chi connectivity index (χ4n) is 3.13. The molecule has 0 fully saturated rings. The summed E-state index contributed by atoms with van der Waals surface area (Å²) in [6.07, 6.45) is 4.13. The molecule has 0 bridgehead atoms. The van der Waals surface area contributed by atoms with Crippen LogP contribution < -0.4 is 19.5 Å². The van der Waals surface area contributed by atoms with E-state index in [-0.39, 0.29) is 0 Å². The second kappa shape index (κ2) is 9.26. The van der Waals surface area contributed by atoms with Gasteiger partial charge in [-0.2, -0.15) is 0 Å². The highest BCUT2D eigenvalue weighted by atomic mass is 16.5. The number of amidine groups is 1. The highest BCUT2D eigenvalue weighted by molar-refractivity contribution is 5.83. The number of hydrogen-bond acceptors (Lipinski definition) is 6. The maximum absolute atomic E-state index is 5.42. The number of ether oxygens (including phenoxy) is 3. The fourth-order valence-corrected chi connectivity index (χ4v) is 3.13. The van der Waals surface area contributed by atoms with E-state index in [0.717, 1.165) is 64.9 Å². The van der Waals surface area contributed by atoms with Crippen LogP contribution in [0.5, 0.6) is 17.2 Å². The standard InChI is InChI=1S/C22H26N3O3/c1-15-24-14-17(11-16-5-8-21(27-3)22(12-16)28-4)20(25-15)7-6-18-13-19(26-2)9-10-23-18/h5,8-10,12-14H,6-7,11H2,1-4H3,(H,24,25). The summed E-state index contributed by atoms with van der Waals surface area (Å²) in [6, 6.07) is 9.81. The first-order valence-corrected chi connectivity index (χ1v) is 9.20. The third kappa shape index (κ3) is 4.82. The SMILES string of the molecule is COc1ccnc(CCC2=C(Cc3ccc(OC)c(OC)c3)[CH]NC(C)=N2)c1. The molecular formula is C22H26N3O3. The van der Waals surface area contributed by atoms with Crippen LogP contribution in [0.4, 0.5) is 0 Å². The maximum atomic E-state index is 5.42. The molecule has 28 heavy (non-hydrogen) atoms. The van der Waals surface area contributed by atoms with Crippen molar-refractivity contribution in [3.63, 3.8) is 0 Å². The smallest absolute Gasteiger partial charge is 0.160 e. The van der Waals surface area contributed by atoms with Crippen LogP contribution in [0.1, 0.15) is 24.6 Å². The average molecular weight is 380 g/mol. The molecular weight excluding hydrogens is 354 g/mol. The minimum atomic E-state index is 0.726. The first kappa shape index (κ1) is 19.7. The minimum absolute atomic E-state index is 0.726. The van der Waals surface area contributed by atoms with Gasteiger partial charge in [-0.15, -0.1) is 0 Å². The lowest BCUT2D eigenvalue weighted by atomic mass is 9.99. The molecule has 0 amide bonds. The van der Waals surface area contributed by atoms with Gasteiger partial charge in [-0.25, -0.2) is 4.99 Å². The van der Waals surface area contributed by atoms with Crippen LogP contribution in [0.25, 0.3) is 0 Å². The molecule has 0 aliphatic carbocycles. The molecule has 1 aromatic heterocycles. The van der Waals surface area contributed by atoms with E-state index in [1.165, 1.54) is 0 Å². The van der Waals surface area contributed by atoms with E-state index >= 15 is 0 Å². The van der Waals surface area contributed by atoms with Gasteiger partial charge in [0.25, 0.3) is 0 Å². The maximum Gasteiger partial charge on any atom is 0.160 e. The number of rotatable bonds is 8. The van der Waals surface area contributed by atoms with Crippen LogP contribution >= 0.6 is 0 Å². The molecule has 0 atom stereocenters. The lowest BCUT2D eigenvalue weighted by Gasteiger charge is -2.20. The number of nitrogens with zero attached hydrogens (tertiary/aromatic N) is 2. The van der Waals surface area contributed by atoms with Crippen molar-refractivity contribution in [1.29, 1.82) is 0 Å². The van der Waals surface area contributed by atoms with Gasteiger partial charge in [0.2, 0.25) is 0 Å². The third-order valence-electron chi connectivity index (χ3n) is 4.61. The van der Waals surface area contributed by atoms with E-state index in [2.05, 4.69) is 16.4 Å². The predicted octanol–water partition coefficient (Wildman–Crippen LogP) is 3.72. The van der Waals surface area contributed by atoms with Gasteiger partial charge < -0.3 is 19.5 Å². The Bertz CT molecular complexity index is 890. The second-order valence-electron chi connectivity index (χ2n) is 6.51. The zero-order valence-corrected chi connectivity index (χ0v) is 16.8. The van der Waals surface area contributed by atoms with Gasteiger partial charge in [0.1, 0.15) is 5.75 Å². The van der Waals surface area contributed by atoms with E-state index < -0.39 is 0 Å². The third-order valence-corrected chi connectivity index (χ3v) is 4.61. The van der Waals surface area contributed by atoms with Crippen molar-refractivity contribution in [2.24, 2.45) is 4.99 Å². The topological polar surface area (TPSA) is 65.0 Å². The summed E-state index contributed by atoms with van der Waals surface area (Å²) in [5.74, 6) is 3.17. The van der Waals surface area contributed by atoms with E-state index in [1.54, 1.807) is 27.5 Å². The number of aromatic nitrogens is 1. The molecule has 0 unspecified atom stereocenters. The Morgan fingerprint density at radius 1 is 0.929 bits per heavy atom. The number of benzene rings is 1. The molecule has 147 valence electrons. The van der Waals surface area contributed by atoms with Crippen LogP contribution in [0.2, 0.25) is 0 Å². The van der Waals surface area contributed by atoms with Crippen molar-refractivity contribution in [2.45, 2.75) is 26.2 Å². The van der Waals surface area contributed by atoms with E-state index in [0.29, 0.717) is 0 Å². The molecule has 1 radical (unpaired) electrons. The van der Waals surface area contributed by atoms with Gasteiger partial charge in [-0.3, -0.25) is 4.98 Å². The molecule has 1 aliphatic heterocycles. The molecule has 2 aromatic rings. The normalized spacial score (nSPS) is 13.6. The molecule has 1 N–H and O–H groups in total. The van der Waals surface area contributed by atoms with Crippen LogP contribution in [-0.4, -0.2) is 32.1 Å². The number of nitrogens with one attached hydrogen (secondary N) is 1. The van der Waals surface area contributed by atoms with E-state index in [4.69, 9.17) is 19.2 Å². The van der Waals surface area contributed by atoms with Crippen molar-refractivity contribution < 1.29 is 14.2 Å². The van der Waals surface area contributed by atoms with Gasteiger partial charge in [0.15, 0.2) is 11.5 Å². The van der Waals surface area contributed by atoms with Crippen LogP contribution in [-0.2, 0) is 12.8 Å². The van der Waals surface area contributed by atoms with E-state index in [1.807, 2.05) is 37.7 Å². The summed E-state index contributed by atoms with van der Waals surface area (Å²) in [7, 11) is 4.95. The molecule has 6 nitrogen and oxygen atoms in total. The van der Waals surface area contributed by atoms with Crippen molar-refractivity contribution in [2.75, 3.05) is 21.3 Å². The van der Waals surface area contributed by atoms with Gasteiger partial charge in [0.05, 0.1) is 33.7 Å². The highest BCUT2D eigenvalue weighted by Gasteiger charge is 2.15. The largest absolute Gasteiger partial charge is 0.497 e. The van der Waals surface area contributed by atoms with Gasteiger partial charge >= 0.3 is 0 Å². The lowest BCUT2D eigenvalue weighted by molar-refractivity contribution is 0.354. The van der Waals surface area contributed by atoms with Crippen molar-refractivity contribution in [3.8, 4) is 17.2 Å². The first-order valence-electron chi connectivity index (χ1n) is 9.20. The molecule has 1 aliphatic rings. The van der Waals surface area contributed by atoms with Gasteiger partial charge in [-0.1, -0.05) is 6.07 Å². The number of methoxy groups -OCH3 is 3. The Hall–Kier alpha value is -3.02. The Kier molecular flexibility index (Phi) is 6.53. The molecule has 0 spiro atoms. The Labute approximate surface area is 166 Å². The molecule has 3 rings (SSSR count). The zero-order chi connectivity index (χ0) is 19.9. The fraction of sp³-hybridized carbons (Fsp3) is 0.318. The van der Waals surface area contributed by atoms with Gasteiger partial charge in [0, 0.05) is 23.7 Å². The molecule has 6 heteroatoms.